The van der Waals surface area contributed by atoms with Crippen LogP contribution in [0.25, 0.3) is 21.3 Å². The maximum absolute atomic E-state index is 12.6. The Labute approximate surface area is 163 Å². The van der Waals surface area contributed by atoms with Crippen molar-refractivity contribution in [3.05, 3.63) is 41.2 Å². The monoisotopic (exact) mass is 377 g/mol. The van der Waals surface area contributed by atoms with E-state index in [9.17, 15) is 4.79 Å². The fourth-order valence-electron chi connectivity index (χ4n) is 5.02. The van der Waals surface area contributed by atoms with E-state index in [0.29, 0.717) is 18.1 Å². The lowest BCUT2D eigenvalue weighted by molar-refractivity contribution is -0.119. The Kier molecular flexibility index (Phi) is 4.27. The van der Waals surface area contributed by atoms with Gasteiger partial charge in [-0.2, -0.15) is 0 Å². The molecule has 4 nitrogen and oxygen atoms in total. The van der Waals surface area contributed by atoms with Crippen molar-refractivity contribution in [3.8, 4) is 10.6 Å². The van der Waals surface area contributed by atoms with Gasteiger partial charge in [-0.05, 0) is 61.5 Å². The zero-order valence-corrected chi connectivity index (χ0v) is 16.3. The third-order valence-electron chi connectivity index (χ3n) is 6.30. The molecule has 0 radical (unpaired) electrons. The number of ketones is 1. The molecule has 27 heavy (non-hydrogen) atoms. The van der Waals surface area contributed by atoms with Crippen LogP contribution in [0.2, 0.25) is 0 Å². The third kappa shape index (κ3) is 3.41. The van der Waals surface area contributed by atoms with Crippen molar-refractivity contribution in [3.63, 3.8) is 0 Å². The summed E-state index contributed by atoms with van der Waals surface area (Å²) in [6, 6.07) is 8.31. The molecular weight excluding hydrogens is 354 g/mol. The summed E-state index contributed by atoms with van der Waals surface area (Å²) in [5.41, 5.74) is 1.94. The standard InChI is InChI=1S/C22H23N3OS/c1-13-24-25-22(27-13)16-4-5-17-12-23-20(9-19(17)8-16)11-21(26)10-18-7-14-2-3-15(18)6-14/h4-5,8-9,12,14-15,18H,2-3,6-7,10-11H2,1H3/t14-,15+,18?/m1/s1. The van der Waals surface area contributed by atoms with Gasteiger partial charge in [-0.1, -0.05) is 29.9 Å². The summed E-state index contributed by atoms with van der Waals surface area (Å²) in [6.45, 7) is 1.96. The van der Waals surface area contributed by atoms with Crippen LogP contribution >= 0.6 is 11.3 Å². The van der Waals surface area contributed by atoms with Crippen LogP contribution in [0, 0.1) is 24.7 Å². The first kappa shape index (κ1) is 17.0. The molecule has 2 aromatic heterocycles. The van der Waals surface area contributed by atoms with Crippen LogP contribution < -0.4 is 0 Å². The second-order valence-electron chi connectivity index (χ2n) is 8.22. The number of hydrogen-bond acceptors (Lipinski definition) is 5. The van der Waals surface area contributed by atoms with E-state index in [4.69, 9.17) is 0 Å². The molecule has 2 bridgehead atoms. The van der Waals surface area contributed by atoms with E-state index in [2.05, 4.69) is 39.4 Å². The summed E-state index contributed by atoms with van der Waals surface area (Å²) in [7, 11) is 0. The maximum atomic E-state index is 12.6. The Hall–Kier alpha value is -2.14. The minimum Gasteiger partial charge on any atom is -0.299 e. The van der Waals surface area contributed by atoms with Gasteiger partial charge in [0, 0.05) is 35.7 Å². The highest BCUT2D eigenvalue weighted by Crippen LogP contribution is 2.49. The van der Waals surface area contributed by atoms with Crippen LogP contribution in [0.1, 0.15) is 42.8 Å². The summed E-state index contributed by atoms with van der Waals surface area (Å²) < 4.78 is 0. The van der Waals surface area contributed by atoms with Gasteiger partial charge in [-0.3, -0.25) is 9.78 Å². The Balaban J connectivity index is 1.33. The fraction of sp³-hybridized carbons (Fsp3) is 0.455. The predicted molar refractivity (Wildman–Crippen MR) is 108 cm³/mol. The molecule has 0 amide bonds. The largest absolute Gasteiger partial charge is 0.299 e. The van der Waals surface area contributed by atoms with Crippen molar-refractivity contribution in [2.75, 3.05) is 0 Å². The first-order valence-corrected chi connectivity index (χ1v) is 10.7. The third-order valence-corrected chi connectivity index (χ3v) is 7.19. The number of carbonyl (C=O) groups is 1. The Bertz CT molecular complexity index is 1010. The van der Waals surface area contributed by atoms with Gasteiger partial charge in [0.2, 0.25) is 0 Å². The highest BCUT2D eigenvalue weighted by molar-refractivity contribution is 7.14. The molecule has 1 aromatic carbocycles. The summed E-state index contributed by atoms with van der Waals surface area (Å²) in [4.78, 5) is 17.1. The summed E-state index contributed by atoms with van der Waals surface area (Å²) in [5.74, 6) is 2.68. The number of pyridine rings is 1. The molecule has 138 valence electrons. The molecule has 2 aliphatic carbocycles. The van der Waals surface area contributed by atoms with Crippen LogP contribution in [-0.4, -0.2) is 21.0 Å². The van der Waals surface area contributed by atoms with Gasteiger partial charge >= 0.3 is 0 Å². The lowest BCUT2D eigenvalue weighted by Crippen LogP contribution is -2.16. The second kappa shape index (κ2) is 6.79. The number of fused-ring (bicyclic) bond motifs is 3. The molecule has 0 aliphatic heterocycles. The molecule has 2 fully saturated rings. The summed E-state index contributed by atoms with van der Waals surface area (Å²) in [6.07, 6.45) is 8.43. The van der Waals surface area contributed by atoms with Crippen molar-refractivity contribution in [2.45, 2.75) is 45.4 Å². The van der Waals surface area contributed by atoms with Crippen molar-refractivity contribution < 1.29 is 4.79 Å². The lowest BCUT2D eigenvalue weighted by Gasteiger charge is -2.20. The van der Waals surface area contributed by atoms with Gasteiger partial charge in [-0.25, -0.2) is 0 Å². The first-order chi connectivity index (χ1) is 13.1. The number of Topliss-reactive ketones (excluding diaryl/α,β-unsaturated/α-hetero) is 1. The van der Waals surface area contributed by atoms with Gasteiger partial charge in [0.25, 0.3) is 0 Å². The predicted octanol–water partition coefficient (Wildman–Crippen LogP) is 5.00. The highest BCUT2D eigenvalue weighted by atomic mass is 32.1. The number of rotatable bonds is 5. The molecule has 2 aliphatic rings. The number of aromatic nitrogens is 3. The smallest absolute Gasteiger partial charge is 0.147 e. The first-order valence-electron chi connectivity index (χ1n) is 9.85. The topological polar surface area (TPSA) is 55.7 Å². The zero-order valence-electron chi connectivity index (χ0n) is 15.5. The Morgan fingerprint density at radius 1 is 1.15 bits per heavy atom. The minimum atomic E-state index is 0.343. The molecule has 0 saturated heterocycles. The summed E-state index contributed by atoms with van der Waals surface area (Å²) >= 11 is 1.60. The van der Waals surface area contributed by atoms with Crippen molar-refractivity contribution in [1.82, 2.24) is 15.2 Å². The van der Waals surface area contributed by atoms with Crippen LogP contribution in [0.15, 0.2) is 30.5 Å². The highest BCUT2D eigenvalue weighted by Gasteiger charge is 2.39. The van der Waals surface area contributed by atoms with E-state index in [1.807, 2.05) is 13.1 Å². The molecule has 0 spiro atoms. The maximum Gasteiger partial charge on any atom is 0.147 e. The quantitative estimate of drug-likeness (QED) is 0.628. The van der Waals surface area contributed by atoms with E-state index < -0.39 is 0 Å². The van der Waals surface area contributed by atoms with Crippen LogP contribution in [0.3, 0.4) is 0 Å². The van der Waals surface area contributed by atoms with E-state index >= 15 is 0 Å². The lowest BCUT2D eigenvalue weighted by atomic mass is 9.84. The van der Waals surface area contributed by atoms with Gasteiger partial charge in [0.15, 0.2) is 0 Å². The number of aryl methyl sites for hydroxylation is 1. The number of nitrogens with zero attached hydrogens (tertiary/aromatic N) is 3. The van der Waals surface area contributed by atoms with Gasteiger partial charge in [-0.15, -0.1) is 10.2 Å². The molecule has 1 unspecified atom stereocenters. The van der Waals surface area contributed by atoms with Gasteiger partial charge in [0.05, 0.1) is 0 Å². The summed E-state index contributed by atoms with van der Waals surface area (Å²) in [5, 5.41) is 12.4. The van der Waals surface area contributed by atoms with Gasteiger partial charge in [0.1, 0.15) is 15.8 Å². The fourth-order valence-corrected chi connectivity index (χ4v) is 5.71. The van der Waals surface area contributed by atoms with Crippen molar-refractivity contribution in [1.29, 1.82) is 0 Å². The zero-order chi connectivity index (χ0) is 18.4. The Morgan fingerprint density at radius 3 is 2.81 bits per heavy atom. The van der Waals surface area contributed by atoms with Gasteiger partial charge < -0.3 is 0 Å². The molecule has 5 heteroatoms. The number of carbonyl (C=O) groups excluding carboxylic acids is 1. The SMILES string of the molecule is Cc1nnc(-c2ccc3cnc(CC(=O)CC4C[C@@H]5CC[C@H]4C5)cc3c2)s1. The van der Waals surface area contributed by atoms with Crippen molar-refractivity contribution in [2.24, 2.45) is 17.8 Å². The van der Waals surface area contributed by atoms with E-state index in [1.54, 1.807) is 11.3 Å². The molecule has 3 atom stereocenters. The van der Waals surface area contributed by atoms with E-state index in [0.717, 1.165) is 50.3 Å². The molecule has 0 N–H and O–H groups in total. The van der Waals surface area contributed by atoms with Crippen LogP contribution in [0.4, 0.5) is 0 Å². The van der Waals surface area contributed by atoms with Crippen LogP contribution in [0.5, 0.6) is 0 Å². The number of benzene rings is 1. The average Bonchev–Trinajstić information content (AvgIpc) is 3.38. The number of hydrogen-bond donors (Lipinski definition) is 0. The van der Waals surface area contributed by atoms with E-state index in [-0.39, 0.29) is 0 Å². The molecule has 2 saturated carbocycles. The normalized spacial score (nSPS) is 24.0. The Morgan fingerprint density at radius 2 is 2.07 bits per heavy atom. The van der Waals surface area contributed by atoms with Crippen molar-refractivity contribution >= 4 is 27.9 Å². The second-order valence-corrected chi connectivity index (χ2v) is 9.40. The minimum absolute atomic E-state index is 0.343. The molecule has 5 rings (SSSR count). The van der Waals surface area contributed by atoms with Crippen LogP contribution in [-0.2, 0) is 11.2 Å². The molecule has 3 aromatic rings. The molecule has 2 heterocycles. The average molecular weight is 378 g/mol. The molecular formula is C22H23N3OS. The van der Waals surface area contributed by atoms with E-state index in [1.165, 1.54) is 25.7 Å².